The summed E-state index contributed by atoms with van der Waals surface area (Å²) in [5.74, 6) is -2.99. The van der Waals surface area contributed by atoms with Crippen LogP contribution < -0.4 is 9.64 Å². The zero-order valence-electron chi connectivity index (χ0n) is 30.3. The summed E-state index contributed by atoms with van der Waals surface area (Å²) in [6.07, 6.45) is -16.5. The molecule has 0 saturated carbocycles. The van der Waals surface area contributed by atoms with Crippen molar-refractivity contribution in [3.63, 3.8) is 0 Å². The Morgan fingerprint density at radius 2 is 1.41 bits per heavy atom. The molecule has 0 spiro atoms. The molecule has 8 N–H and O–H groups in total. The number of β-lactam (4-membered cyclic amide) rings is 1. The number of nitrogens with zero attached hydrogens (tertiary/aromatic N) is 1. The Morgan fingerprint density at radius 3 is 2.07 bits per heavy atom. The molecule has 0 radical (unpaired) electrons. The molecule has 4 aromatic rings. The lowest BCUT2D eigenvalue weighted by molar-refractivity contribution is -0.271. The molecule has 0 bridgehead atoms. The average Bonchev–Trinajstić information content (AvgIpc) is 3.23. The summed E-state index contributed by atoms with van der Waals surface area (Å²) < 4.78 is 30.9. The summed E-state index contributed by atoms with van der Waals surface area (Å²) in [5, 5.41) is 81.5. The van der Waals surface area contributed by atoms with Gasteiger partial charge in [0.1, 0.15) is 65.6 Å². The van der Waals surface area contributed by atoms with E-state index >= 15 is 0 Å². The van der Waals surface area contributed by atoms with Gasteiger partial charge < -0.3 is 60.0 Å². The maximum Gasteiger partial charge on any atom is 0.335 e. The summed E-state index contributed by atoms with van der Waals surface area (Å²) in [5.41, 5.74) is 2.58. The van der Waals surface area contributed by atoms with Gasteiger partial charge in [-0.15, -0.1) is 11.8 Å². The second-order valence-electron chi connectivity index (χ2n) is 14.1. The molecule has 17 heteroatoms. The van der Waals surface area contributed by atoms with E-state index in [1.807, 2.05) is 0 Å². The van der Waals surface area contributed by atoms with Crippen molar-refractivity contribution in [1.29, 1.82) is 0 Å². The van der Waals surface area contributed by atoms with Crippen molar-refractivity contribution < 1.29 is 73.8 Å². The molecule has 4 unspecified atom stereocenters. The third-order valence-corrected chi connectivity index (χ3v) is 11.7. The van der Waals surface area contributed by atoms with Crippen LogP contribution in [0.15, 0.2) is 97.1 Å². The van der Waals surface area contributed by atoms with E-state index in [4.69, 9.17) is 14.2 Å². The van der Waals surface area contributed by atoms with Crippen LogP contribution in [0.2, 0.25) is 0 Å². The SMILES string of the molecule is O=C(CS[C@H]1C(=O)N(c2ccccc2)[C@@H]1c1ccc(-c2ccc(C3O[C@H](CO)[C@@H](O)[C@H](O)[C@H]3O)cc2)cc1O[C@@H]1OC(C(=O)O)C(O)[C@H](O)C1O)c1ccc(F)cc1. The van der Waals surface area contributed by atoms with Crippen LogP contribution >= 0.6 is 11.8 Å². The molecule has 15 nitrogen and oxygen atoms in total. The van der Waals surface area contributed by atoms with E-state index in [0.29, 0.717) is 27.9 Å². The van der Waals surface area contributed by atoms with Gasteiger partial charge in [0.15, 0.2) is 11.9 Å². The smallest absolute Gasteiger partial charge is 0.335 e. The summed E-state index contributed by atoms with van der Waals surface area (Å²) in [6, 6.07) is 24.3. The number of hydrogen-bond donors (Lipinski definition) is 8. The number of thioether (sulfide) groups is 1. The highest BCUT2D eigenvalue weighted by Crippen LogP contribution is 2.49. The third kappa shape index (κ3) is 7.98. The van der Waals surface area contributed by atoms with Crippen molar-refractivity contribution in [1.82, 2.24) is 0 Å². The largest absolute Gasteiger partial charge is 0.479 e. The summed E-state index contributed by atoms with van der Waals surface area (Å²) in [6.45, 7) is -0.602. The number of rotatable bonds is 12. The predicted molar refractivity (Wildman–Crippen MR) is 203 cm³/mol. The van der Waals surface area contributed by atoms with E-state index in [9.17, 15) is 59.6 Å². The lowest BCUT2D eigenvalue weighted by atomic mass is 9.89. The zero-order chi connectivity index (χ0) is 41.4. The summed E-state index contributed by atoms with van der Waals surface area (Å²) in [4.78, 5) is 40.5. The maximum absolute atomic E-state index is 13.9. The average molecular weight is 822 g/mol. The van der Waals surface area contributed by atoms with E-state index in [-0.39, 0.29) is 28.8 Å². The van der Waals surface area contributed by atoms with Gasteiger partial charge in [0, 0.05) is 16.8 Å². The standard InChI is InChI=1S/C41H40FNO14S/c42-23-13-10-20(11-14-23)26(45)18-58-38-29(43(39(38)52)24-4-2-1-3-5-24)25-15-12-22(16-27(25)56-41-35(51)32(48)34(50)37(57-41)40(53)54)19-6-8-21(9-7-19)36-33(49)31(47)30(46)28(17-44)55-36/h1-16,28-38,41,44,46-51H,17-18H2,(H,53,54)/t28-,29-,30-,31+,32+,33-,34?,35?,36?,37?,38-,41-/m1/s1. The van der Waals surface area contributed by atoms with E-state index in [1.54, 1.807) is 72.8 Å². The van der Waals surface area contributed by atoms with Crippen molar-refractivity contribution in [2.75, 3.05) is 17.3 Å². The maximum atomic E-state index is 13.9. The Hall–Kier alpha value is -4.79. The van der Waals surface area contributed by atoms with Crippen molar-refractivity contribution in [3.05, 3.63) is 120 Å². The normalized spacial score (nSPS) is 31.0. The van der Waals surface area contributed by atoms with Crippen LogP contribution in [0.25, 0.3) is 11.1 Å². The number of ether oxygens (including phenoxy) is 3. The fraction of sp³-hybridized carbons (Fsp3) is 0.341. The van der Waals surface area contributed by atoms with Gasteiger partial charge in [0.05, 0.1) is 18.4 Å². The minimum atomic E-state index is -1.99. The highest BCUT2D eigenvalue weighted by atomic mass is 32.2. The van der Waals surface area contributed by atoms with Gasteiger partial charge in [-0.3, -0.25) is 9.59 Å². The van der Waals surface area contributed by atoms with E-state index in [0.717, 1.165) is 23.9 Å². The Labute approximate surface area is 334 Å². The van der Waals surface area contributed by atoms with Gasteiger partial charge in [0.25, 0.3) is 0 Å². The van der Waals surface area contributed by atoms with Crippen molar-refractivity contribution in [2.24, 2.45) is 0 Å². The van der Waals surface area contributed by atoms with Crippen LogP contribution in [0, 0.1) is 5.82 Å². The molecule has 0 aliphatic carbocycles. The Kier molecular flexibility index (Phi) is 12.3. The second-order valence-corrected chi connectivity index (χ2v) is 15.3. The van der Waals surface area contributed by atoms with Gasteiger partial charge in [-0.2, -0.15) is 0 Å². The molecule has 1 amide bonds. The van der Waals surface area contributed by atoms with Crippen LogP contribution in [0.5, 0.6) is 5.75 Å². The quantitative estimate of drug-likeness (QED) is 0.0743. The van der Waals surface area contributed by atoms with Crippen LogP contribution in [-0.2, 0) is 19.1 Å². The Bertz CT molecular complexity index is 2110. The zero-order valence-corrected chi connectivity index (χ0v) is 31.2. The minimum Gasteiger partial charge on any atom is -0.479 e. The Balaban J connectivity index is 1.25. The molecule has 7 rings (SSSR count). The molecule has 3 saturated heterocycles. The number of aliphatic carboxylic acids is 1. The molecular weight excluding hydrogens is 782 g/mol. The van der Waals surface area contributed by atoms with Gasteiger partial charge >= 0.3 is 5.97 Å². The number of para-hydroxylation sites is 1. The molecule has 12 atom stereocenters. The first kappa shape index (κ1) is 41.4. The van der Waals surface area contributed by atoms with Gasteiger partial charge in [-0.25, -0.2) is 9.18 Å². The fourth-order valence-corrected chi connectivity index (χ4v) is 8.47. The minimum absolute atomic E-state index is 0.0128. The predicted octanol–water partition coefficient (Wildman–Crippen LogP) is 1.35. The van der Waals surface area contributed by atoms with Crippen LogP contribution in [0.4, 0.5) is 10.1 Å². The highest BCUT2D eigenvalue weighted by molar-refractivity contribution is 8.01. The number of aliphatic hydroxyl groups is 7. The topological polar surface area (TPSA) is 244 Å². The first-order valence-corrected chi connectivity index (χ1v) is 19.3. The third-order valence-electron chi connectivity index (χ3n) is 10.5. The number of anilines is 1. The lowest BCUT2D eigenvalue weighted by Gasteiger charge is -2.47. The first-order valence-electron chi connectivity index (χ1n) is 18.2. The van der Waals surface area contributed by atoms with E-state index in [2.05, 4.69) is 0 Å². The number of ketones is 1. The van der Waals surface area contributed by atoms with Crippen molar-refractivity contribution >= 4 is 35.1 Å². The number of benzene rings is 4. The number of hydrogen-bond acceptors (Lipinski definition) is 14. The number of Topliss-reactive ketones (excluding diaryl/α,β-unsaturated/α-hetero) is 1. The molecule has 3 aliphatic heterocycles. The van der Waals surface area contributed by atoms with Gasteiger partial charge in [-0.05, 0) is 59.2 Å². The van der Waals surface area contributed by atoms with Crippen LogP contribution in [0.1, 0.15) is 33.6 Å². The van der Waals surface area contributed by atoms with Crippen molar-refractivity contribution in [3.8, 4) is 16.9 Å². The highest BCUT2D eigenvalue weighted by Gasteiger charge is 2.52. The van der Waals surface area contributed by atoms with E-state index < -0.39 is 90.9 Å². The molecular formula is C41H40FNO14S. The summed E-state index contributed by atoms with van der Waals surface area (Å²) in [7, 11) is 0. The monoisotopic (exact) mass is 821 g/mol. The lowest BCUT2D eigenvalue weighted by Crippen LogP contribution is -2.61. The van der Waals surface area contributed by atoms with Crippen LogP contribution in [0.3, 0.4) is 0 Å². The van der Waals surface area contributed by atoms with Gasteiger partial charge in [-0.1, -0.05) is 54.6 Å². The molecule has 4 aromatic carbocycles. The fourth-order valence-electron chi connectivity index (χ4n) is 7.27. The van der Waals surface area contributed by atoms with Crippen molar-refractivity contribution in [2.45, 2.75) is 72.5 Å². The van der Waals surface area contributed by atoms with E-state index in [1.165, 1.54) is 17.0 Å². The number of carbonyl (C=O) groups excluding carboxylic acids is 2. The molecule has 0 aromatic heterocycles. The molecule has 306 valence electrons. The molecule has 3 fully saturated rings. The number of carboxylic acid groups (broad SMARTS) is 1. The van der Waals surface area contributed by atoms with Crippen LogP contribution in [-0.4, -0.2) is 131 Å². The summed E-state index contributed by atoms with van der Waals surface area (Å²) >= 11 is 1.06. The number of carbonyl (C=O) groups is 3. The molecule has 3 aliphatic rings. The van der Waals surface area contributed by atoms with Gasteiger partial charge in [0.2, 0.25) is 12.2 Å². The second kappa shape index (κ2) is 17.2. The number of carboxylic acids is 1. The number of halogens is 1. The first-order chi connectivity index (χ1) is 27.8. The molecule has 58 heavy (non-hydrogen) atoms. The number of aliphatic hydroxyl groups excluding tert-OH is 7. The number of amides is 1. The molecule has 3 heterocycles. The Morgan fingerprint density at radius 1 is 0.759 bits per heavy atom.